The Kier molecular flexibility index (Phi) is 7.54. The van der Waals surface area contributed by atoms with Crippen molar-refractivity contribution in [2.75, 3.05) is 36.5 Å². The van der Waals surface area contributed by atoms with Crippen molar-refractivity contribution in [2.24, 2.45) is 7.05 Å². The fraction of sp³-hybridized carbons (Fsp3) is 0.265. The van der Waals surface area contributed by atoms with Crippen molar-refractivity contribution in [2.45, 2.75) is 25.2 Å². The predicted molar refractivity (Wildman–Crippen MR) is 174 cm³/mol. The van der Waals surface area contributed by atoms with Gasteiger partial charge in [0.1, 0.15) is 22.8 Å². The van der Waals surface area contributed by atoms with Crippen LogP contribution in [0.1, 0.15) is 27.2 Å². The number of rotatable bonds is 5. The highest BCUT2D eigenvalue weighted by atomic mass is 19.4. The number of likely N-dealkylation sites (N-methyl/N-ethyl adjacent to an activating group) is 1. The van der Waals surface area contributed by atoms with Gasteiger partial charge in [0.2, 0.25) is 5.78 Å². The van der Waals surface area contributed by atoms with E-state index < -0.39 is 53.5 Å². The number of imidazole rings is 1. The summed E-state index contributed by atoms with van der Waals surface area (Å²) in [7, 11) is 3.28. The Labute approximate surface area is 289 Å². The predicted octanol–water partition coefficient (Wildman–Crippen LogP) is 5.99. The van der Waals surface area contributed by atoms with Gasteiger partial charge >= 0.3 is 18.8 Å². The van der Waals surface area contributed by atoms with Crippen molar-refractivity contribution in [3.05, 3.63) is 95.3 Å². The number of carbonyl (C=O) groups is 2. The number of aryl methyl sites for hydroxylation is 1. The third-order valence-electron chi connectivity index (χ3n) is 9.67. The minimum Gasteiger partial charge on any atom is -0.372 e. The third kappa shape index (κ3) is 5.06. The molecule has 52 heavy (non-hydrogen) atoms. The molecule has 1 saturated heterocycles. The normalized spacial score (nSPS) is 14.9. The highest BCUT2D eigenvalue weighted by Crippen LogP contribution is 2.48. The number of pyridine rings is 1. The molecular formula is C34H26F7N9O2. The van der Waals surface area contributed by atoms with Crippen LogP contribution in [0.2, 0.25) is 0 Å². The fourth-order valence-electron chi connectivity index (χ4n) is 7.21. The van der Waals surface area contributed by atoms with E-state index in [9.17, 15) is 31.5 Å². The maximum Gasteiger partial charge on any atom is 0.417 e. The summed E-state index contributed by atoms with van der Waals surface area (Å²) < 4.78 is 107. The summed E-state index contributed by atoms with van der Waals surface area (Å²) in [5, 5.41) is 6.85. The van der Waals surface area contributed by atoms with Crippen LogP contribution < -0.4 is 9.80 Å². The van der Waals surface area contributed by atoms with Gasteiger partial charge in [-0.25, -0.2) is 18.6 Å². The number of halogens is 7. The molecule has 0 N–H and O–H groups in total. The number of benzene rings is 2. The van der Waals surface area contributed by atoms with Crippen molar-refractivity contribution >= 4 is 39.7 Å². The van der Waals surface area contributed by atoms with Gasteiger partial charge in [0.25, 0.3) is 0 Å². The van der Waals surface area contributed by atoms with Crippen LogP contribution in [-0.4, -0.2) is 84.9 Å². The summed E-state index contributed by atoms with van der Waals surface area (Å²) in [4.78, 5) is 34.0. The molecule has 18 heteroatoms. The molecule has 0 atom stereocenters. The second kappa shape index (κ2) is 11.8. The van der Waals surface area contributed by atoms with Crippen LogP contribution in [0.4, 0.5) is 46.9 Å². The number of aromatic nitrogens is 6. The molecule has 0 aliphatic carbocycles. The SMILES string of the molecule is CN1CCc2cc(C(=O)c3cc(F)c(N4CC(N(C(=O)n5ccnn5)C(F)F)C4)c(F)c3)n3cccc(c23)-c2c(C(F)(F)F)cc3c(ncn3C)c21. The minimum atomic E-state index is -4.75. The Morgan fingerprint density at radius 2 is 1.73 bits per heavy atom. The van der Waals surface area contributed by atoms with Crippen molar-refractivity contribution in [3.63, 3.8) is 0 Å². The van der Waals surface area contributed by atoms with Gasteiger partial charge in [-0.15, -0.1) is 5.10 Å². The van der Waals surface area contributed by atoms with Crippen molar-refractivity contribution in [3.8, 4) is 11.1 Å². The first-order valence-electron chi connectivity index (χ1n) is 15.9. The van der Waals surface area contributed by atoms with E-state index in [0.717, 1.165) is 35.5 Å². The van der Waals surface area contributed by atoms with E-state index in [0.29, 0.717) is 33.2 Å². The average Bonchev–Trinajstić information content (AvgIpc) is 3.82. The number of ketones is 1. The van der Waals surface area contributed by atoms with Crippen LogP contribution in [-0.2, 0) is 19.6 Å². The van der Waals surface area contributed by atoms with Crippen LogP contribution in [0, 0.1) is 11.6 Å². The molecule has 268 valence electrons. The molecule has 0 spiro atoms. The molecule has 0 bridgehead atoms. The van der Waals surface area contributed by atoms with Gasteiger partial charge in [0.15, 0.2) is 0 Å². The molecule has 2 aliphatic heterocycles. The summed E-state index contributed by atoms with van der Waals surface area (Å²) >= 11 is 0. The molecule has 0 radical (unpaired) electrons. The summed E-state index contributed by atoms with van der Waals surface area (Å²) in [6, 6.07) is 4.99. The van der Waals surface area contributed by atoms with Gasteiger partial charge in [-0.3, -0.25) is 9.69 Å². The second-order valence-corrected chi connectivity index (χ2v) is 12.7. The van der Waals surface area contributed by atoms with E-state index in [4.69, 9.17) is 0 Å². The number of hydrogen-bond donors (Lipinski definition) is 0. The lowest BCUT2D eigenvalue weighted by molar-refractivity contribution is -0.137. The largest absolute Gasteiger partial charge is 0.417 e. The van der Waals surface area contributed by atoms with Crippen LogP contribution in [0.15, 0.2) is 61.3 Å². The number of alkyl halides is 5. The number of fused-ring (bicyclic) bond motifs is 4. The number of nitrogens with zero attached hydrogens (tertiary/aromatic N) is 9. The smallest absolute Gasteiger partial charge is 0.372 e. The Morgan fingerprint density at radius 3 is 2.38 bits per heavy atom. The first-order valence-corrected chi connectivity index (χ1v) is 15.9. The number of hydrogen-bond acceptors (Lipinski definition) is 7. The van der Waals surface area contributed by atoms with E-state index in [1.54, 1.807) is 19.0 Å². The molecule has 0 saturated carbocycles. The minimum absolute atomic E-state index is 0.0276. The quantitative estimate of drug-likeness (QED) is 0.123. The summed E-state index contributed by atoms with van der Waals surface area (Å²) in [6.07, 6.45) is 0.742. The van der Waals surface area contributed by atoms with Gasteiger partial charge in [-0.05, 0) is 42.3 Å². The highest BCUT2D eigenvalue weighted by molar-refractivity contribution is 6.11. The fourth-order valence-corrected chi connectivity index (χ4v) is 7.21. The third-order valence-corrected chi connectivity index (χ3v) is 9.67. The van der Waals surface area contributed by atoms with E-state index in [1.165, 1.54) is 39.7 Å². The zero-order valence-electron chi connectivity index (χ0n) is 27.2. The molecule has 0 unspecified atom stereocenters. The van der Waals surface area contributed by atoms with Gasteiger partial charge in [-0.2, -0.15) is 26.6 Å². The van der Waals surface area contributed by atoms with Crippen LogP contribution >= 0.6 is 0 Å². The molecule has 8 rings (SSSR count). The van der Waals surface area contributed by atoms with Gasteiger partial charge in [0, 0.05) is 56.6 Å². The topological polar surface area (TPSA) is 96.8 Å². The van der Waals surface area contributed by atoms with E-state index in [-0.39, 0.29) is 52.6 Å². The zero-order valence-corrected chi connectivity index (χ0v) is 27.2. The van der Waals surface area contributed by atoms with E-state index in [1.807, 2.05) is 0 Å². The summed E-state index contributed by atoms with van der Waals surface area (Å²) in [5.74, 6) is -3.08. The molecule has 1 fully saturated rings. The lowest BCUT2D eigenvalue weighted by Crippen LogP contribution is -2.63. The lowest BCUT2D eigenvalue weighted by Gasteiger charge is -2.45. The van der Waals surface area contributed by atoms with Crippen molar-refractivity contribution in [1.29, 1.82) is 0 Å². The molecule has 2 aliphatic rings. The molecule has 4 aromatic heterocycles. The number of amides is 1. The maximum absolute atomic E-state index is 15.6. The van der Waals surface area contributed by atoms with Crippen molar-refractivity contribution < 1.29 is 40.3 Å². The zero-order chi connectivity index (χ0) is 36.8. The maximum atomic E-state index is 15.6. The monoisotopic (exact) mass is 725 g/mol. The number of anilines is 2. The molecule has 1 amide bonds. The Balaban J connectivity index is 1.16. The average molecular weight is 726 g/mol. The molecule has 2 aromatic carbocycles. The van der Waals surface area contributed by atoms with Gasteiger partial charge in [0.05, 0.1) is 52.7 Å². The standard InChI is InChI=1S/C34H26F7N9O2/c1-45-8-5-17-12-25(48-7-3-4-20(28(17)48)26-21(34(39,40)41)13-24-27(30(26)45)42-16-46(24)2)31(51)18-10-22(35)29(23(36)11-18)47-14-19(15-47)50(32(37)38)33(52)49-9-6-43-44-49/h3-4,6-7,9-13,16,19,32H,5,8,14-15H2,1-2H3. The van der Waals surface area contributed by atoms with Crippen LogP contribution in [0.3, 0.4) is 0 Å². The second-order valence-electron chi connectivity index (χ2n) is 12.7. The van der Waals surface area contributed by atoms with Gasteiger partial charge in [-0.1, -0.05) is 11.3 Å². The highest BCUT2D eigenvalue weighted by Gasteiger charge is 2.42. The van der Waals surface area contributed by atoms with Crippen LogP contribution in [0.25, 0.3) is 27.7 Å². The first kappa shape index (κ1) is 33.2. The Morgan fingerprint density at radius 1 is 1.00 bits per heavy atom. The van der Waals surface area contributed by atoms with Crippen LogP contribution in [0.5, 0.6) is 0 Å². The van der Waals surface area contributed by atoms with E-state index >= 15 is 8.78 Å². The summed E-state index contributed by atoms with van der Waals surface area (Å²) in [5.41, 5.74) is 0.109. The number of carbonyl (C=O) groups excluding carboxylic acids is 2. The summed E-state index contributed by atoms with van der Waals surface area (Å²) in [6.45, 7) is -3.62. The molecule has 6 aromatic rings. The van der Waals surface area contributed by atoms with Gasteiger partial charge < -0.3 is 18.8 Å². The molecule has 11 nitrogen and oxygen atoms in total. The van der Waals surface area contributed by atoms with Crippen molar-refractivity contribution in [1.82, 2.24) is 33.8 Å². The molecular weight excluding hydrogens is 699 g/mol. The lowest BCUT2D eigenvalue weighted by atomic mass is 9.92. The molecule has 6 heterocycles. The first-order chi connectivity index (χ1) is 24.7. The Hall–Kier alpha value is -5.94. The Bertz CT molecular complexity index is 2390. The van der Waals surface area contributed by atoms with E-state index in [2.05, 4.69) is 15.3 Å².